The molecule has 1 saturated heterocycles. The Bertz CT molecular complexity index is 674. The van der Waals surface area contributed by atoms with Gasteiger partial charge in [0.2, 0.25) is 0 Å². The first-order valence-electron chi connectivity index (χ1n) is 8.36. The molecule has 1 amide bonds. The number of amides is 1. The maximum Gasteiger partial charge on any atom is 0.255 e. The lowest BCUT2D eigenvalue weighted by Gasteiger charge is -2.33. The number of morpholine rings is 1. The second kappa shape index (κ2) is 8.36. The summed E-state index contributed by atoms with van der Waals surface area (Å²) in [5, 5.41) is 0. The molecule has 1 aliphatic heterocycles. The fourth-order valence-electron chi connectivity index (χ4n) is 3.04. The van der Waals surface area contributed by atoms with Crippen molar-refractivity contribution >= 4 is 17.7 Å². The Morgan fingerprint density at radius 1 is 1.17 bits per heavy atom. The van der Waals surface area contributed by atoms with E-state index in [4.69, 9.17) is 4.74 Å². The third-order valence-corrected chi connectivity index (χ3v) is 5.16. The predicted octanol–water partition coefficient (Wildman–Crippen LogP) is 3.88. The van der Waals surface area contributed by atoms with Gasteiger partial charge in [-0.15, -0.1) is 11.8 Å². The molecule has 0 aromatic heterocycles. The third-order valence-electron chi connectivity index (χ3n) is 4.36. The van der Waals surface area contributed by atoms with Crippen molar-refractivity contribution in [3.8, 4) is 0 Å². The van der Waals surface area contributed by atoms with Gasteiger partial charge in [0.25, 0.3) is 5.91 Å². The Kier molecular flexibility index (Phi) is 5.94. The molecule has 1 aliphatic rings. The van der Waals surface area contributed by atoms with Crippen LogP contribution in [0.25, 0.3) is 0 Å². The van der Waals surface area contributed by atoms with Crippen LogP contribution in [0.2, 0.25) is 0 Å². The van der Waals surface area contributed by atoms with Gasteiger partial charge in [-0.2, -0.15) is 0 Å². The van der Waals surface area contributed by atoms with E-state index < -0.39 is 0 Å². The molecule has 0 N–H and O–H groups in total. The standard InChI is InChI=1S/C20H23NO2S/c1-24-19-10-6-5-9-18(19)20(22)21-13-14-23-17(15-21)12-11-16-7-3-2-4-8-16/h2-10,17H,11-15H2,1H3. The van der Waals surface area contributed by atoms with Crippen molar-refractivity contribution in [1.29, 1.82) is 0 Å². The number of carbonyl (C=O) groups excluding carboxylic acids is 1. The van der Waals surface area contributed by atoms with Crippen molar-refractivity contribution in [2.45, 2.75) is 23.8 Å². The first-order valence-corrected chi connectivity index (χ1v) is 9.58. The van der Waals surface area contributed by atoms with E-state index in [0.29, 0.717) is 19.7 Å². The Morgan fingerprint density at radius 2 is 1.92 bits per heavy atom. The molecule has 0 radical (unpaired) electrons. The molecule has 2 aromatic carbocycles. The predicted molar refractivity (Wildman–Crippen MR) is 98.6 cm³/mol. The van der Waals surface area contributed by atoms with Crippen LogP contribution in [0.15, 0.2) is 59.5 Å². The average Bonchev–Trinajstić information content (AvgIpc) is 2.67. The minimum absolute atomic E-state index is 0.115. The summed E-state index contributed by atoms with van der Waals surface area (Å²) in [4.78, 5) is 15.8. The largest absolute Gasteiger partial charge is 0.375 e. The van der Waals surface area contributed by atoms with E-state index in [1.165, 1.54) is 5.56 Å². The Labute approximate surface area is 148 Å². The molecule has 0 bridgehead atoms. The van der Waals surface area contributed by atoms with Gasteiger partial charge in [0.05, 0.1) is 18.3 Å². The maximum absolute atomic E-state index is 12.9. The molecule has 3 rings (SSSR count). The van der Waals surface area contributed by atoms with Gasteiger partial charge in [-0.05, 0) is 36.8 Å². The lowest BCUT2D eigenvalue weighted by molar-refractivity contribution is -0.0247. The van der Waals surface area contributed by atoms with E-state index in [-0.39, 0.29) is 12.0 Å². The van der Waals surface area contributed by atoms with E-state index in [2.05, 4.69) is 24.3 Å². The number of thioether (sulfide) groups is 1. The molecule has 0 spiro atoms. The minimum Gasteiger partial charge on any atom is -0.375 e. The third kappa shape index (κ3) is 4.19. The van der Waals surface area contributed by atoms with E-state index >= 15 is 0 Å². The fraction of sp³-hybridized carbons (Fsp3) is 0.350. The smallest absolute Gasteiger partial charge is 0.255 e. The molecule has 0 saturated carbocycles. The highest BCUT2D eigenvalue weighted by Gasteiger charge is 2.26. The molecule has 24 heavy (non-hydrogen) atoms. The van der Waals surface area contributed by atoms with Crippen LogP contribution in [0.5, 0.6) is 0 Å². The average molecular weight is 341 g/mol. The summed E-state index contributed by atoms with van der Waals surface area (Å²) < 4.78 is 5.87. The number of ether oxygens (including phenoxy) is 1. The van der Waals surface area contributed by atoms with E-state index in [1.807, 2.05) is 41.5 Å². The van der Waals surface area contributed by atoms with Crippen molar-refractivity contribution in [1.82, 2.24) is 4.90 Å². The first-order chi connectivity index (χ1) is 11.8. The summed E-state index contributed by atoms with van der Waals surface area (Å²) in [6.45, 7) is 1.96. The van der Waals surface area contributed by atoms with Gasteiger partial charge in [0.1, 0.15) is 0 Å². The van der Waals surface area contributed by atoms with Gasteiger partial charge >= 0.3 is 0 Å². The first kappa shape index (κ1) is 17.1. The monoisotopic (exact) mass is 341 g/mol. The minimum atomic E-state index is 0.115. The molecule has 1 unspecified atom stereocenters. The molecule has 1 atom stereocenters. The van der Waals surface area contributed by atoms with Crippen molar-refractivity contribution in [3.63, 3.8) is 0 Å². The Balaban J connectivity index is 1.61. The topological polar surface area (TPSA) is 29.5 Å². The van der Waals surface area contributed by atoms with Gasteiger partial charge in [-0.3, -0.25) is 4.79 Å². The van der Waals surface area contributed by atoms with Gasteiger partial charge in [0, 0.05) is 18.0 Å². The highest BCUT2D eigenvalue weighted by Crippen LogP contribution is 2.23. The van der Waals surface area contributed by atoms with Gasteiger partial charge in [-0.25, -0.2) is 0 Å². The van der Waals surface area contributed by atoms with Crippen molar-refractivity contribution in [2.24, 2.45) is 0 Å². The second-order valence-corrected chi connectivity index (χ2v) is 6.82. The van der Waals surface area contributed by atoms with E-state index in [0.717, 1.165) is 23.3 Å². The van der Waals surface area contributed by atoms with Crippen LogP contribution in [-0.4, -0.2) is 42.9 Å². The number of nitrogens with zero attached hydrogens (tertiary/aromatic N) is 1. The van der Waals surface area contributed by atoms with Crippen LogP contribution >= 0.6 is 11.8 Å². The van der Waals surface area contributed by atoms with Crippen molar-refractivity contribution in [3.05, 3.63) is 65.7 Å². The molecular formula is C20H23NO2S. The van der Waals surface area contributed by atoms with Crippen LogP contribution in [0.3, 0.4) is 0 Å². The quantitative estimate of drug-likeness (QED) is 0.773. The van der Waals surface area contributed by atoms with Gasteiger partial charge in [-0.1, -0.05) is 42.5 Å². The summed E-state index contributed by atoms with van der Waals surface area (Å²) in [5.41, 5.74) is 2.12. The van der Waals surface area contributed by atoms with Crippen LogP contribution in [0, 0.1) is 0 Å². The van der Waals surface area contributed by atoms with Crippen molar-refractivity contribution < 1.29 is 9.53 Å². The zero-order valence-corrected chi connectivity index (χ0v) is 14.8. The SMILES string of the molecule is CSc1ccccc1C(=O)N1CCOC(CCc2ccccc2)C1. The zero-order valence-electron chi connectivity index (χ0n) is 14.0. The summed E-state index contributed by atoms with van der Waals surface area (Å²) in [6.07, 6.45) is 4.05. The molecule has 0 aliphatic carbocycles. The van der Waals surface area contributed by atoms with Crippen LogP contribution in [0.1, 0.15) is 22.3 Å². The molecule has 1 fully saturated rings. The zero-order chi connectivity index (χ0) is 16.8. The molecular weight excluding hydrogens is 318 g/mol. The lowest BCUT2D eigenvalue weighted by Crippen LogP contribution is -2.45. The number of benzene rings is 2. The van der Waals surface area contributed by atoms with Crippen LogP contribution in [-0.2, 0) is 11.2 Å². The van der Waals surface area contributed by atoms with Gasteiger partial charge in [0.15, 0.2) is 0 Å². The van der Waals surface area contributed by atoms with Gasteiger partial charge < -0.3 is 9.64 Å². The molecule has 4 heteroatoms. The second-order valence-electron chi connectivity index (χ2n) is 5.97. The highest BCUT2D eigenvalue weighted by atomic mass is 32.2. The van der Waals surface area contributed by atoms with E-state index in [9.17, 15) is 4.79 Å². The molecule has 126 valence electrons. The molecule has 3 nitrogen and oxygen atoms in total. The molecule has 1 heterocycles. The summed E-state index contributed by atoms with van der Waals surface area (Å²) >= 11 is 1.62. The molecule has 2 aromatic rings. The summed E-state index contributed by atoms with van der Waals surface area (Å²) in [6, 6.07) is 18.3. The Hall–Kier alpha value is -1.78. The number of carbonyl (C=O) groups is 1. The normalized spacial score (nSPS) is 17.7. The maximum atomic E-state index is 12.9. The van der Waals surface area contributed by atoms with Crippen LogP contribution < -0.4 is 0 Å². The highest BCUT2D eigenvalue weighted by molar-refractivity contribution is 7.98. The number of hydrogen-bond donors (Lipinski definition) is 0. The Morgan fingerprint density at radius 3 is 2.71 bits per heavy atom. The lowest BCUT2D eigenvalue weighted by atomic mass is 10.1. The number of rotatable bonds is 5. The fourth-order valence-corrected chi connectivity index (χ4v) is 3.63. The summed E-state index contributed by atoms with van der Waals surface area (Å²) in [7, 11) is 0. The number of hydrogen-bond acceptors (Lipinski definition) is 3. The number of aryl methyl sites for hydroxylation is 1. The summed E-state index contributed by atoms with van der Waals surface area (Å²) in [5.74, 6) is 0.118. The van der Waals surface area contributed by atoms with Crippen molar-refractivity contribution in [2.75, 3.05) is 26.0 Å². The van der Waals surface area contributed by atoms with Crippen LogP contribution in [0.4, 0.5) is 0 Å². The van der Waals surface area contributed by atoms with E-state index in [1.54, 1.807) is 11.8 Å².